The number of nitrogens with one attached hydrogen (secondary N) is 1. The lowest BCUT2D eigenvalue weighted by molar-refractivity contribution is -0.144. The summed E-state index contributed by atoms with van der Waals surface area (Å²) in [6.45, 7) is 3.27. The van der Waals surface area contributed by atoms with Gasteiger partial charge < -0.3 is 30.0 Å². The van der Waals surface area contributed by atoms with E-state index >= 15 is 0 Å². The summed E-state index contributed by atoms with van der Waals surface area (Å²) in [6.07, 6.45) is 0. The lowest BCUT2D eigenvalue weighted by Crippen LogP contribution is -2.48. The number of amides is 1. The third-order valence-electron chi connectivity index (χ3n) is 4.74. The summed E-state index contributed by atoms with van der Waals surface area (Å²) in [6, 6.07) is 6.72. The third-order valence-corrected chi connectivity index (χ3v) is 4.74. The van der Waals surface area contributed by atoms with E-state index in [1.807, 2.05) is 0 Å². The van der Waals surface area contributed by atoms with Gasteiger partial charge in [-0.3, -0.25) is 4.79 Å². The summed E-state index contributed by atoms with van der Waals surface area (Å²) in [4.78, 5) is 39.2. The number of hydrogen-bond donors (Lipinski definition) is 2. The fourth-order valence-corrected chi connectivity index (χ4v) is 3.64. The van der Waals surface area contributed by atoms with E-state index in [4.69, 9.17) is 24.7 Å². The molecule has 0 unspecified atom stereocenters. The Balaban J connectivity index is 2.25. The second-order valence-electron chi connectivity index (χ2n) is 6.37. The first-order chi connectivity index (χ1) is 13.9. The number of fused-ring (bicyclic) bond motifs is 2. The van der Waals surface area contributed by atoms with Crippen LogP contribution in [0.1, 0.15) is 19.4 Å². The highest BCUT2D eigenvalue weighted by atomic mass is 16.6. The molecule has 0 fully saturated rings. The van der Waals surface area contributed by atoms with E-state index in [9.17, 15) is 14.4 Å². The van der Waals surface area contributed by atoms with Gasteiger partial charge in [-0.25, -0.2) is 9.59 Å². The summed E-state index contributed by atoms with van der Waals surface area (Å²) in [5.74, 6) is -2.54. The van der Waals surface area contributed by atoms with Gasteiger partial charge in [-0.15, -0.1) is 0 Å². The number of esters is 2. The van der Waals surface area contributed by atoms with Crippen LogP contribution in [0.15, 0.2) is 47.1 Å². The Morgan fingerprint density at radius 2 is 1.83 bits per heavy atom. The molecule has 1 atom stereocenters. The summed E-state index contributed by atoms with van der Waals surface area (Å²) < 4.78 is 20.8. The highest BCUT2D eigenvalue weighted by Crippen LogP contribution is 2.52. The van der Waals surface area contributed by atoms with E-state index in [-0.39, 0.29) is 42.6 Å². The highest BCUT2D eigenvalue weighted by Gasteiger charge is 2.61. The van der Waals surface area contributed by atoms with Crippen molar-refractivity contribution in [1.82, 2.24) is 0 Å². The molecule has 1 amide bonds. The van der Waals surface area contributed by atoms with Crippen LogP contribution in [0.3, 0.4) is 0 Å². The largest absolute Gasteiger partial charge is 0.462 e. The molecule has 29 heavy (non-hydrogen) atoms. The fourth-order valence-electron chi connectivity index (χ4n) is 3.64. The topological polar surface area (TPSA) is 126 Å². The second-order valence-corrected chi connectivity index (χ2v) is 6.37. The SMILES string of the molecule is CCOC(=O)C1=C(N)OC(C)=C(C(=O)OCCOC)[C@]12C(=O)Nc1ccccc12. The molecule has 1 spiro atoms. The number of allylic oxidation sites excluding steroid dienone is 1. The van der Waals surface area contributed by atoms with Gasteiger partial charge in [-0.05, 0) is 19.9 Å². The molecule has 1 aromatic rings. The number of anilines is 1. The zero-order valence-electron chi connectivity index (χ0n) is 16.4. The minimum Gasteiger partial charge on any atom is -0.462 e. The lowest BCUT2D eigenvalue weighted by atomic mass is 9.67. The average molecular weight is 402 g/mol. The molecule has 0 saturated carbocycles. The van der Waals surface area contributed by atoms with E-state index in [0.29, 0.717) is 11.3 Å². The zero-order chi connectivity index (χ0) is 21.2. The van der Waals surface area contributed by atoms with Gasteiger partial charge in [0.15, 0.2) is 0 Å². The van der Waals surface area contributed by atoms with E-state index in [1.54, 1.807) is 31.2 Å². The Kier molecular flexibility index (Phi) is 5.60. The van der Waals surface area contributed by atoms with Crippen LogP contribution in [-0.2, 0) is 38.7 Å². The number of ether oxygens (including phenoxy) is 4. The van der Waals surface area contributed by atoms with Crippen molar-refractivity contribution >= 4 is 23.5 Å². The first-order valence-corrected chi connectivity index (χ1v) is 9.03. The van der Waals surface area contributed by atoms with Crippen molar-refractivity contribution in [2.75, 3.05) is 32.2 Å². The first-order valence-electron chi connectivity index (χ1n) is 9.03. The van der Waals surface area contributed by atoms with Gasteiger partial charge in [0.1, 0.15) is 28.9 Å². The Bertz CT molecular complexity index is 935. The molecular formula is C20H22N2O7. The number of carbonyl (C=O) groups excluding carboxylic acids is 3. The number of carbonyl (C=O) groups is 3. The molecule has 0 aromatic heterocycles. The Morgan fingerprint density at radius 1 is 1.14 bits per heavy atom. The molecule has 0 saturated heterocycles. The molecule has 2 aliphatic rings. The van der Waals surface area contributed by atoms with Crippen LogP contribution < -0.4 is 11.1 Å². The smallest absolute Gasteiger partial charge is 0.341 e. The maximum Gasteiger partial charge on any atom is 0.341 e. The normalized spacial score (nSPS) is 20.3. The molecule has 2 heterocycles. The molecule has 9 heteroatoms. The van der Waals surface area contributed by atoms with E-state index < -0.39 is 23.3 Å². The lowest BCUT2D eigenvalue weighted by Gasteiger charge is -2.35. The number of para-hydroxylation sites is 1. The third kappa shape index (κ3) is 3.13. The number of nitrogens with two attached hydrogens (primary N) is 1. The first kappa shape index (κ1) is 20.4. The Labute approximate surface area is 167 Å². The maximum absolute atomic E-state index is 13.3. The van der Waals surface area contributed by atoms with Crippen molar-refractivity contribution in [2.24, 2.45) is 5.73 Å². The van der Waals surface area contributed by atoms with Gasteiger partial charge in [0.25, 0.3) is 0 Å². The average Bonchev–Trinajstić information content (AvgIpc) is 2.94. The van der Waals surface area contributed by atoms with Crippen molar-refractivity contribution in [1.29, 1.82) is 0 Å². The van der Waals surface area contributed by atoms with Crippen molar-refractivity contribution in [2.45, 2.75) is 19.3 Å². The van der Waals surface area contributed by atoms with Crippen LogP contribution in [0.5, 0.6) is 0 Å². The van der Waals surface area contributed by atoms with Gasteiger partial charge in [0, 0.05) is 18.4 Å². The molecule has 0 aliphatic carbocycles. The summed E-state index contributed by atoms with van der Waals surface area (Å²) >= 11 is 0. The second kappa shape index (κ2) is 7.96. The van der Waals surface area contributed by atoms with Crippen LogP contribution in [0, 0.1) is 0 Å². The predicted octanol–water partition coefficient (Wildman–Crippen LogP) is 1.10. The number of hydrogen-bond acceptors (Lipinski definition) is 8. The number of rotatable bonds is 6. The maximum atomic E-state index is 13.3. The Hall–Kier alpha value is -3.33. The van der Waals surface area contributed by atoms with E-state index in [2.05, 4.69) is 5.32 Å². The molecular weight excluding hydrogens is 380 g/mol. The van der Waals surface area contributed by atoms with Crippen LogP contribution in [0.4, 0.5) is 5.69 Å². The van der Waals surface area contributed by atoms with Crippen molar-refractivity contribution < 1.29 is 33.3 Å². The van der Waals surface area contributed by atoms with Gasteiger partial charge in [-0.2, -0.15) is 0 Å². The summed E-state index contributed by atoms with van der Waals surface area (Å²) in [5, 5.41) is 2.72. The fraction of sp³-hybridized carbons (Fsp3) is 0.350. The molecule has 9 nitrogen and oxygen atoms in total. The number of methoxy groups -OCH3 is 1. The summed E-state index contributed by atoms with van der Waals surface area (Å²) in [7, 11) is 1.46. The minimum atomic E-state index is -1.85. The van der Waals surface area contributed by atoms with Crippen molar-refractivity contribution in [3.8, 4) is 0 Å². The van der Waals surface area contributed by atoms with E-state index in [0.717, 1.165) is 0 Å². The van der Waals surface area contributed by atoms with Gasteiger partial charge >= 0.3 is 11.9 Å². The molecule has 3 N–H and O–H groups in total. The molecule has 3 rings (SSSR count). The van der Waals surface area contributed by atoms with Gasteiger partial charge in [0.05, 0.1) is 13.2 Å². The highest BCUT2D eigenvalue weighted by molar-refractivity contribution is 6.21. The van der Waals surface area contributed by atoms with Gasteiger partial charge in [-0.1, -0.05) is 18.2 Å². The van der Waals surface area contributed by atoms with Crippen LogP contribution >= 0.6 is 0 Å². The Morgan fingerprint density at radius 3 is 2.52 bits per heavy atom. The van der Waals surface area contributed by atoms with Crippen molar-refractivity contribution in [3.05, 3.63) is 52.6 Å². The van der Waals surface area contributed by atoms with Crippen LogP contribution in [0.2, 0.25) is 0 Å². The molecule has 1 aromatic carbocycles. The van der Waals surface area contributed by atoms with E-state index in [1.165, 1.54) is 14.0 Å². The van der Waals surface area contributed by atoms with Crippen LogP contribution in [-0.4, -0.2) is 44.8 Å². The quantitative estimate of drug-likeness (QED) is 0.535. The molecule has 0 bridgehead atoms. The predicted molar refractivity (Wildman–Crippen MR) is 101 cm³/mol. The van der Waals surface area contributed by atoms with Crippen LogP contribution in [0.25, 0.3) is 0 Å². The van der Waals surface area contributed by atoms with Gasteiger partial charge in [0.2, 0.25) is 11.8 Å². The number of benzene rings is 1. The summed E-state index contributed by atoms with van der Waals surface area (Å²) in [5.41, 5.74) is 4.63. The molecule has 0 radical (unpaired) electrons. The van der Waals surface area contributed by atoms with Crippen molar-refractivity contribution in [3.63, 3.8) is 0 Å². The monoisotopic (exact) mass is 402 g/mol. The minimum absolute atomic E-state index is 0.0423. The standard InChI is InChI=1S/C20H22N2O7/c1-4-27-18(24)15-16(21)29-11(2)14(17(23)28-10-9-26-3)20(15)12-7-5-6-8-13(12)22-19(20)25/h5-8H,4,9-10,21H2,1-3H3,(H,22,25)/t20-/m0/s1. The molecule has 2 aliphatic heterocycles. The zero-order valence-corrected chi connectivity index (χ0v) is 16.4. The molecule has 154 valence electrons.